The molecule has 1 aliphatic heterocycles. The van der Waals surface area contributed by atoms with Gasteiger partial charge in [-0.15, -0.1) is 0 Å². The fourth-order valence-electron chi connectivity index (χ4n) is 4.04. The number of aromatic hydroxyl groups is 1. The number of rotatable bonds is 4. The maximum absolute atomic E-state index is 12.7. The van der Waals surface area contributed by atoms with Gasteiger partial charge in [-0.25, -0.2) is 4.98 Å². The molecule has 2 aromatic heterocycles. The van der Waals surface area contributed by atoms with Gasteiger partial charge < -0.3 is 19.9 Å². The molecule has 2 N–H and O–H groups in total. The molecule has 1 aliphatic rings. The number of hydrogen-bond donors (Lipinski definition) is 2. The third-order valence-electron chi connectivity index (χ3n) is 5.47. The van der Waals surface area contributed by atoms with Gasteiger partial charge in [-0.05, 0) is 36.8 Å². The molecule has 5 rings (SSSR count). The van der Waals surface area contributed by atoms with Crippen molar-refractivity contribution in [2.45, 2.75) is 19.3 Å². The maximum Gasteiger partial charge on any atom is 0.226 e. The molecule has 2 aromatic carbocycles. The Balaban J connectivity index is 1.67. The molecule has 158 valence electrons. The van der Waals surface area contributed by atoms with E-state index in [1.54, 1.807) is 16.8 Å². The minimum Gasteiger partial charge on any atom is -0.502 e. The zero-order chi connectivity index (χ0) is 21.7. The lowest BCUT2D eigenvalue weighted by molar-refractivity contribution is -0.116. The summed E-state index contributed by atoms with van der Waals surface area (Å²) in [7, 11) is 2.96. The van der Waals surface area contributed by atoms with E-state index < -0.39 is 0 Å². The number of ether oxygens (including phenoxy) is 2. The monoisotopic (exact) mass is 436 g/mol. The molecule has 3 heterocycles. The number of hydrogen-bond acceptors (Lipinski definition) is 7. The van der Waals surface area contributed by atoms with Crippen LogP contribution < -0.4 is 14.8 Å². The number of amides is 1. The van der Waals surface area contributed by atoms with E-state index in [0.717, 1.165) is 27.0 Å². The van der Waals surface area contributed by atoms with Crippen LogP contribution in [0.5, 0.6) is 17.2 Å². The highest BCUT2D eigenvalue weighted by Gasteiger charge is 2.34. The summed E-state index contributed by atoms with van der Waals surface area (Å²) in [5.74, 6) is 0.734. The van der Waals surface area contributed by atoms with Crippen LogP contribution in [0.4, 0.5) is 5.82 Å². The van der Waals surface area contributed by atoms with Crippen LogP contribution in [0, 0.1) is 6.92 Å². The summed E-state index contributed by atoms with van der Waals surface area (Å²) in [6.45, 7) is 1.92. The maximum atomic E-state index is 12.7. The second-order valence-electron chi connectivity index (χ2n) is 7.30. The number of phenolic OH excluding ortho intramolecular Hbond substituents is 1. The molecule has 8 nitrogen and oxygen atoms in total. The zero-order valence-corrected chi connectivity index (χ0v) is 18.0. The quantitative estimate of drug-likeness (QED) is 0.502. The van der Waals surface area contributed by atoms with Gasteiger partial charge in [0.15, 0.2) is 11.5 Å². The average Bonchev–Trinajstić information content (AvgIpc) is 3.34. The number of fused-ring (bicyclic) bond motifs is 2. The predicted molar refractivity (Wildman–Crippen MR) is 118 cm³/mol. The molecular formula is C22H20N4O4S. The molecule has 4 aromatic rings. The van der Waals surface area contributed by atoms with Gasteiger partial charge in [0.05, 0.1) is 30.1 Å². The molecular weight excluding hydrogens is 416 g/mol. The number of thiazole rings is 1. The lowest BCUT2D eigenvalue weighted by atomic mass is 9.85. The Hall–Kier alpha value is -3.59. The summed E-state index contributed by atoms with van der Waals surface area (Å²) in [6, 6.07) is 11.3. The Morgan fingerprint density at radius 3 is 2.58 bits per heavy atom. The Morgan fingerprint density at radius 1 is 1.19 bits per heavy atom. The Labute approximate surface area is 182 Å². The fraction of sp³-hybridized carbons (Fsp3) is 0.227. The van der Waals surface area contributed by atoms with Crippen molar-refractivity contribution in [2.24, 2.45) is 0 Å². The van der Waals surface area contributed by atoms with E-state index in [-0.39, 0.29) is 35.5 Å². The van der Waals surface area contributed by atoms with Crippen LogP contribution in [0.2, 0.25) is 0 Å². The van der Waals surface area contributed by atoms with Crippen molar-refractivity contribution in [1.82, 2.24) is 14.8 Å². The normalized spacial score (nSPS) is 15.6. The largest absolute Gasteiger partial charge is 0.502 e. The van der Waals surface area contributed by atoms with Crippen molar-refractivity contribution >= 4 is 33.3 Å². The van der Waals surface area contributed by atoms with Gasteiger partial charge in [-0.3, -0.25) is 4.79 Å². The summed E-state index contributed by atoms with van der Waals surface area (Å²) in [5.41, 5.74) is 3.39. The number of methoxy groups -OCH3 is 2. The van der Waals surface area contributed by atoms with Crippen LogP contribution in [-0.2, 0) is 4.79 Å². The van der Waals surface area contributed by atoms with Gasteiger partial charge in [0.1, 0.15) is 5.82 Å². The lowest BCUT2D eigenvalue weighted by Crippen LogP contribution is -2.25. The summed E-state index contributed by atoms with van der Waals surface area (Å²) in [6.07, 6.45) is 0.246. The number of aryl methyl sites for hydroxylation is 1. The highest BCUT2D eigenvalue weighted by Crippen LogP contribution is 2.45. The number of nitrogens with zero attached hydrogens (tertiary/aromatic N) is 3. The first-order chi connectivity index (χ1) is 15.0. The van der Waals surface area contributed by atoms with E-state index in [2.05, 4.69) is 10.3 Å². The number of phenols is 1. The van der Waals surface area contributed by atoms with Gasteiger partial charge >= 0.3 is 0 Å². The van der Waals surface area contributed by atoms with Crippen molar-refractivity contribution in [3.05, 3.63) is 53.2 Å². The van der Waals surface area contributed by atoms with Gasteiger partial charge in [0, 0.05) is 17.9 Å². The van der Waals surface area contributed by atoms with Crippen LogP contribution in [-0.4, -0.2) is 40.0 Å². The summed E-state index contributed by atoms with van der Waals surface area (Å²) in [5, 5.41) is 18.7. The number of carbonyl (C=O) groups excluding carboxylic acids is 1. The number of benzene rings is 2. The standard InChI is InChI=1S/C22H20N4O4S/c1-11-19-13(12-8-15(29-2)20(28)16(9-12)30-3)10-18(27)24-21(19)26(25-11)22-23-14-6-4-5-7-17(14)31-22/h4-9,13,28H,10H2,1-3H3,(H,24,27)/t13-/m1/s1. The van der Waals surface area contributed by atoms with Gasteiger partial charge in [0.2, 0.25) is 16.8 Å². The first-order valence-electron chi connectivity index (χ1n) is 9.70. The van der Waals surface area contributed by atoms with E-state index in [1.807, 2.05) is 31.2 Å². The van der Waals surface area contributed by atoms with Crippen LogP contribution in [0.1, 0.15) is 29.2 Å². The number of aromatic nitrogens is 3. The second kappa shape index (κ2) is 7.28. The molecule has 0 bridgehead atoms. The number of anilines is 1. The Bertz CT molecular complexity index is 1270. The van der Waals surface area contributed by atoms with Crippen LogP contribution in [0.25, 0.3) is 15.3 Å². The number of carbonyl (C=O) groups is 1. The highest BCUT2D eigenvalue weighted by molar-refractivity contribution is 7.20. The van der Waals surface area contributed by atoms with Crippen molar-refractivity contribution < 1.29 is 19.4 Å². The van der Waals surface area contributed by atoms with Crippen molar-refractivity contribution in [2.75, 3.05) is 19.5 Å². The Morgan fingerprint density at radius 2 is 1.90 bits per heavy atom. The van der Waals surface area contributed by atoms with Crippen molar-refractivity contribution in [3.63, 3.8) is 0 Å². The SMILES string of the molecule is COc1cc([C@H]2CC(=O)Nc3c2c(C)nn3-c2nc3ccccc3s2)cc(OC)c1O. The van der Waals surface area contributed by atoms with Crippen LogP contribution in [0.3, 0.4) is 0 Å². The predicted octanol–water partition coefficient (Wildman–Crippen LogP) is 3.99. The third-order valence-corrected chi connectivity index (χ3v) is 6.48. The third kappa shape index (κ3) is 3.09. The molecule has 9 heteroatoms. The van der Waals surface area contributed by atoms with Gasteiger partial charge in [0.25, 0.3) is 0 Å². The van der Waals surface area contributed by atoms with Crippen molar-refractivity contribution in [1.29, 1.82) is 0 Å². The first kappa shape index (κ1) is 19.4. The molecule has 0 unspecified atom stereocenters. The van der Waals surface area contributed by atoms with E-state index in [4.69, 9.17) is 14.6 Å². The highest BCUT2D eigenvalue weighted by atomic mass is 32.1. The Kier molecular flexibility index (Phi) is 4.55. The minimum atomic E-state index is -0.268. The summed E-state index contributed by atoms with van der Waals surface area (Å²) >= 11 is 1.51. The van der Waals surface area contributed by atoms with Crippen LogP contribution >= 0.6 is 11.3 Å². The number of nitrogens with one attached hydrogen (secondary N) is 1. The van der Waals surface area contributed by atoms with Crippen molar-refractivity contribution in [3.8, 4) is 22.4 Å². The molecule has 0 saturated heterocycles. The summed E-state index contributed by atoms with van der Waals surface area (Å²) in [4.78, 5) is 17.4. The first-order valence-corrected chi connectivity index (χ1v) is 10.5. The molecule has 1 atom stereocenters. The van der Waals surface area contributed by atoms with Gasteiger partial charge in [-0.1, -0.05) is 23.5 Å². The zero-order valence-electron chi connectivity index (χ0n) is 17.2. The minimum absolute atomic E-state index is 0.0730. The lowest BCUT2D eigenvalue weighted by Gasteiger charge is -2.25. The molecule has 31 heavy (non-hydrogen) atoms. The molecule has 0 radical (unpaired) electrons. The fourth-order valence-corrected chi connectivity index (χ4v) is 4.96. The number of para-hydroxylation sites is 1. The molecule has 0 fully saturated rings. The van der Waals surface area contributed by atoms with E-state index in [1.165, 1.54) is 25.6 Å². The molecule has 1 amide bonds. The molecule has 0 saturated carbocycles. The average molecular weight is 436 g/mol. The molecule has 0 spiro atoms. The smallest absolute Gasteiger partial charge is 0.226 e. The van der Waals surface area contributed by atoms with E-state index in [9.17, 15) is 9.90 Å². The van der Waals surface area contributed by atoms with E-state index >= 15 is 0 Å². The molecule has 0 aliphatic carbocycles. The second-order valence-corrected chi connectivity index (χ2v) is 8.31. The summed E-state index contributed by atoms with van der Waals surface area (Å²) < 4.78 is 13.4. The van der Waals surface area contributed by atoms with Crippen LogP contribution in [0.15, 0.2) is 36.4 Å². The van der Waals surface area contributed by atoms with E-state index in [0.29, 0.717) is 10.9 Å². The topological polar surface area (TPSA) is 98.5 Å². The van der Waals surface area contributed by atoms with Gasteiger partial charge in [-0.2, -0.15) is 9.78 Å².